The lowest BCUT2D eigenvalue weighted by Gasteiger charge is -2.19. The SMILES string of the molecule is COC(=O)[C@H](NS(=O)(=O)c1ccc2oc3cc(N)ccc3c2c1)C(C)C. The standard InChI is InChI=1S/C18H20N2O5S/c1-10(2)17(18(21)24-3)20-26(22,23)12-5-7-15-14(9-12)13-6-4-11(19)8-16(13)25-15/h4-10,17,20H,19H2,1-3H3/t17-/m1/s1. The first-order valence-electron chi connectivity index (χ1n) is 8.05. The largest absolute Gasteiger partial charge is 0.468 e. The van der Waals surface area contributed by atoms with E-state index >= 15 is 0 Å². The van der Waals surface area contributed by atoms with Gasteiger partial charge in [-0.3, -0.25) is 4.79 Å². The predicted molar refractivity (Wildman–Crippen MR) is 99.1 cm³/mol. The Morgan fingerprint density at radius 2 is 1.85 bits per heavy atom. The number of rotatable bonds is 5. The van der Waals surface area contributed by atoms with Gasteiger partial charge in [-0.05, 0) is 36.2 Å². The molecule has 0 saturated heterocycles. The number of nitrogens with two attached hydrogens (primary N) is 1. The minimum Gasteiger partial charge on any atom is -0.468 e. The highest BCUT2D eigenvalue weighted by molar-refractivity contribution is 7.89. The number of methoxy groups -OCH3 is 1. The van der Waals surface area contributed by atoms with Crippen molar-refractivity contribution in [3.63, 3.8) is 0 Å². The van der Waals surface area contributed by atoms with Crippen molar-refractivity contribution >= 4 is 43.6 Å². The zero-order chi connectivity index (χ0) is 19.1. The molecule has 3 N–H and O–H groups in total. The maximum Gasteiger partial charge on any atom is 0.324 e. The number of ether oxygens (including phenoxy) is 1. The summed E-state index contributed by atoms with van der Waals surface area (Å²) >= 11 is 0. The number of fused-ring (bicyclic) bond motifs is 3. The van der Waals surface area contributed by atoms with Crippen LogP contribution in [0.2, 0.25) is 0 Å². The van der Waals surface area contributed by atoms with Crippen LogP contribution in [0.1, 0.15) is 13.8 Å². The number of hydrogen-bond acceptors (Lipinski definition) is 6. The fraction of sp³-hybridized carbons (Fsp3) is 0.278. The van der Waals surface area contributed by atoms with Gasteiger partial charge in [0.15, 0.2) is 0 Å². The molecule has 0 unspecified atom stereocenters. The molecule has 0 saturated carbocycles. The van der Waals surface area contributed by atoms with E-state index in [9.17, 15) is 13.2 Å². The van der Waals surface area contributed by atoms with Crippen molar-refractivity contribution < 1.29 is 22.4 Å². The molecule has 2 aromatic carbocycles. The molecular formula is C18H20N2O5S. The molecule has 1 aromatic heterocycles. The van der Waals surface area contributed by atoms with E-state index in [0.717, 1.165) is 5.39 Å². The van der Waals surface area contributed by atoms with Crippen LogP contribution in [0.4, 0.5) is 5.69 Å². The van der Waals surface area contributed by atoms with E-state index in [1.807, 2.05) is 0 Å². The average molecular weight is 376 g/mol. The van der Waals surface area contributed by atoms with Crippen molar-refractivity contribution in [2.24, 2.45) is 5.92 Å². The second kappa shape index (κ2) is 6.62. The Bertz CT molecular complexity index is 1090. The van der Waals surface area contributed by atoms with Crippen molar-refractivity contribution in [3.05, 3.63) is 36.4 Å². The number of furan rings is 1. The molecule has 0 aliphatic heterocycles. The quantitative estimate of drug-likeness (QED) is 0.523. The summed E-state index contributed by atoms with van der Waals surface area (Å²) in [6, 6.07) is 8.77. The molecule has 0 radical (unpaired) electrons. The van der Waals surface area contributed by atoms with Gasteiger partial charge in [0.05, 0.1) is 12.0 Å². The number of carbonyl (C=O) groups excluding carboxylic acids is 1. The van der Waals surface area contributed by atoms with E-state index in [2.05, 4.69) is 9.46 Å². The van der Waals surface area contributed by atoms with Crippen LogP contribution in [0.25, 0.3) is 21.9 Å². The number of benzene rings is 2. The molecule has 3 rings (SSSR count). The number of anilines is 1. The smallest absolute Gasteiger partial charge is 0.324 e. The van der Waals surface area contributed by atoms with Crippen LogP contribution in [0.5, 0.6) is 0 Å². The molecule has 0 spiro atoms. The van der Waals surface area contributed by atoms with Crippen LogP contribution >= 0.6 is 0 Å². The molecule has 26 heavy (non-hydrogen) atoms. The van der Waals surface area contributed by atoms with Crippen LogP contribution in [0.15, 0.2) is 45.7 Å². The number of hydrogen-bond donors (Lipinski definition) is 2. The maximum atomic E-state index is 12.8. The van der Waals surface area contributed by atoms with E-state index < -0.39 is 22.0 Å². The molecule has 1 atom stereocenters. The van der Waals surface area contributed by atoms with Gasteiger partial charge in [-0.25, -0.2) is 8.42 Å². The topological polar surface area (TPSA) is 112 Å². The summed E-state index contributed by atoms with van der Waals surface area (Å²) in [5.74, 6) is -0.896. The highest BCUT2D eigenvalue weighted by Crippen LogP contribution is 2.31. The Morgan fingerprint density at radius 3 is 2.50 bits per heavy atom. The zero-order valence-corrected chi connectivity index (χ0v) is 15.5. The lowest BCUT2D eigenvalue weighted by molar-refractivity contribution is -0.143. The number of nitrogens with one attached hydrogen (secondary N) is 1. The third-order valence-electron chi connectivity index (χ3n) is 4.18. The van der Waals surface area contributed by atoms with Gasteiger partial charge in [0.1, 0.15) is 17.2 Å². The molecule has 1 heterocycles. The molecule has 0 aliphatic rings. The summed E-state index contributed by atoms with van der Waals surface area (Å²) in [5, 5.41) is 1.42. The second-order valence-electron chi connectivity index (χ2n) is 6.38. The molecule has 7 nitrogen and oxygen atoms in total. The predicted octanol–water partition coefficient (Wildman–Crippen LogP) is 2.64. The Morgan fingerprint density at radius 1 is 1.12 bits per heavy atom. The van der Waals surface area contributed by atoms with Crippen LogP contribution in [-0.2, 0) is 19.6 Å². The summed E-state index contributed by atoms with van der Waals surface area (Å²) in [6.45, 7) is 3.47. The highest BCUT2D eigenvalue weighted by atomic mass is 32.2. The van der Waals surface area contributed by atoms with Crippen molar-refractivity contribution in [3.8, 4) is 0 Å². The first-order chi connectivity index (χ1) is 12.2. The molecule has 0 amide bonds. The zero-order valence-electron chi connectivity index (χ0n) is 14.6. The summed E-state index contributed by atoms with van der Waals surface area (Å²) < 4.78 is 38.3. The Balaban J connectivity index is 2.06. The van der Waals surface area contributed by atoms with Crippen LogP contribution in [-0.4, -0.2) is 27.5 Å². The van der Waals surface area contributed by atoms with Gasteiger partial charge in [-0.2, -0.15) is 4.72 Å². The van der Waals surface area contributed by atoms with Gasteiger partial charge in [-0.15, -0.1) is 0 Å². The summed E-state index contributed by atoms with van der Waals surface area (Å²) in [4.78, 5) is 11.9. The van der Waals surface area contributed by atoms with Gasteiger partial charge in [-0.1, -0.05) is 13.8 Å². The van der Waals surface area contributed by atoms with E-state index in [-0.39, 0.29) is 10.8 Å². The number of nitrogen functional groups attached to an aromatic ring is 1. The Hall–Kier alpha value is -2.58. The maximum absolute atomic E-state index is 12.8. The van der Waals surface area contributed by atoms with Gasteiger partial charge in [0.25, 0.3) is 0 Å². The second-order valence-corrected chi connectivity index (χ2v) is 8.10. The number of carbonyl (C=O) groups is 1. The van der Waals surface area contributed by atoms with Gasteiger partial charge in [0.2, 0.25) is 10.0 Å². The Labute approximate surface area is 151 Å². The normalized spacial score (nSPS) is 13.4. The Kier molecular flexibility index (Phi) is 4.64. The third-order valence-corrected chi connectivity index (χ3v) is 5.62. The summed E-state index contributed by atoms with van der Waals surface area (Å²) in [7, 11) is -2.70. The fourth-order valence-electron chi connectivity index (χ4n) is 2.76. The van der Waals surface area contributed by atoms with E-state index in [4.69, 9.17) is 10.2 Å². The first kappa shape index (κ1) is 18.2. The fourth-order valence-corrected chi connectivity index (χ4v) is 4.12. The van der Waals surface area contributed by atoms with Gasteiger partial charge in [0, 0.05) is 22.5 Å². The molecule has 0 aliphatic carbocycles. The minimum atomic E-state index is -3.92. The van der Waals surface area contributed by atoms with Crippen molar-refractivity contribution in [2.45, 2.75) is 24.8 Å². The summed E-state index contributed by atoms with van der Waals surface area (Å²) in [6.07, 6.45) is 0. The van der Waals surface area contributed by atoms with Crippen molar-refractivity contribution in [1.82, 2.24) is 4.72 Å². The molecule has 0 bridgehead atoms. The van der Waals surface area contributed by atoms with Crippen LogP contribution in [0, 0.1) is 5.92 Å². The molecule has 0 fully saturated rings. The monoisotopic (exact) mass is 376 g/mol. The summed E-state index contributed by atoms with van der Waals surface area (Å²) in [5.41, 5.74) is 7.45. The lowest BCUT2D eigenvalue weighted by atomic mass is 10.1. The molecular weight excluding hydrogens is 356 g/mol. The first-order valence-corrected chi connectivity index (χ1v) is 9.53. The van der Waals surface area contributed by atoms with E-state index in [1.54, 1.807) is 38.1 Å². The van der Waals surface area contributed by atoms with Crippen molar-refractivity contribution in [2.75, 3.05) is 12.8 Å². The lowest BCUT2D eigenvalue weighted by Crippen LogP contribution is -2.44. The third kappa shape index (κ3) is 3.25. The van der Waals surface area contributed by atoms with E-state index in [1.165, 1.54) is 19.2 Å². The molecule has 138 valence electrons. The van der Waals surface area contributed by atoms with Gasteiger partial charge < -0.3 is 14.9 Å². The van der Waals surface area contributed by atoms with Crippen LogP contribution in [0.3, 0.4) is 0 Å². The van der Waals surface area contributed by atoms with Crippen LogP contribution < -0.4 is 10.5 Å². The molecule has 3 aromatic rings. The number of sulfonamides is 1. The van der Waals surface area contributed by atoms with Gasteiger partial charge >= 0.3 is 5.97 Å². The highest BCUT2D eigenvalue weighted by Gasteiger charge is 2.29. The van der Waals surface area contributed by atoms with E-state index in [0.29, 0.717) is 22.2 Å². The average Bonchev–Trinajstić information content (AvgIpc) is 2.95. The minimum absolute atomic E-state index is 0.0408. The molecule has 8 heteroatoms. The number of esters is 1. The van der Waals surface area contributed by atoms with Crippen molar-refractivity contribution in [1.29, 1.82) is 0 Å².